The number of anilines is 2. The van der Waals surface area contributed by atoms with Crippen molar-refractivity contribution in [3.8, 4) is 5.75 Å². The van der Waals surface area contributed by atoms with Gasteiger partial charge in [-0.15, -0.1) is 5.10 Å². The normalized spacial score (nSPS) is 11.0. The van der Waals surface area contributed by atoms with Crippen LogP contribution < -0.4 is 15.2 Å². The van der Waals surface area contributed by atoms with Gasteiger partial charge in [-0.25, -0.2) is 8.42 Å². The van der Waals surface area contributed by atoms with Crippen molar-refractivity contribution in [3.63, 3.8) is 0 Å². The molecule has 7 nitrogen and oxygen atoms in total. The Morgan fingerprint density at radius 2 is 2.11 bits per heavy atom. The third kappa shape index (κ3) is 2.91. The van der Waals surface area contributed by atoms with Crippen molar-refractivity contribution in [2.24, 2.45) is 0 Å². The van der Waals surface area contributed by atoms with Crippen LogP contribution in [0.1, 0.15) is 0 Å². The first kappa shape index (κ1) is 13.1. The molecule has 19 heavy (non-hydrogen) atoms. The summed E-state index contributed by atoms with van der Waals surface area (Å²) in [5.41, 5.74) is 5.92. The topological polar surface area (TPSA) is 107 Å². The molecule has 0 atom stereocenters. The Hall–Kier alpha value is -2.35. The van der Waals surface area contributed by atoms with E-state index in [0.717, 1.165) is 0 Å². The van der Waals surface area contributed by atoms with Crippen molar-refractivity contribution in [3.05, 3.63) is 36.5 Å². The van der Waals surface area contributed by atoms with Crippen LogP contribution in [0.3, 0.4) is 0 Å². The highest BCUT2D eigenvalue weighted by Crippen LogP contribution is 2.27. The smallest absolute Gasteiger partial charge is 0.266 e. The fourth-order valence-corrected chi connectivity index (χ4v) is 2.65. The Morgan fingerprint density at radius 1 is 1.32 bits per heavy atom. The number of nitrogens with zero attached hydrogens (tertiary/aromatic N) is 2. The number of nitrogens with one attached hydrogen (secondary N) is 1. The van der Waals surface area contributed by atoms with Crippen LogP contribution in [0.4, 0.5) is 11.5 Å². The molecule has 100 valence electrons. The molecule has 0 unspecified atom stereocenters. The minimum Gasteiger partial charge on any atom is -0.495 e. The van der Waals surface area contributed by atoms with Gasteiger partial charge in [-0.1, -0.05) is 0 Å². The molecule has 0 radical (unpaired) electrons. The monoisotopic (exact) mass is 280 g/mol. The lowest BCUT2D eigenvalue weighted by Gasteiger charge is -2.11. The lowest BCUT2D eigenvalue weighted by Crippen LogP contribution is -2.15. The number of hydrogen-bond acceptors (Lipinski definition) is 6. The quantitative estimate of drug-likeness (QED) is 0.805. The summed E-state index contributed by atoms with van der Waals surface area (Å²) in [6.45, 7) is 0. The first-order valence-electron chi connectivity index (χ1n) is 5.27. The number of hydrogen-bond donors (Lipinski definition) is 2. The first-order valence-corrected chi connectivity index (χ1v) is 6.75. The van der Waals surface area contributed by atoms with Gasteiger partial charge in [-0.05, 0) is 30.3 Å². The average Bonchev–Trinajstić information content (AvgIpc) is 2.39. The van der Waals surface area contributed by atoms with Gasteiger partial charge >= 0.3 is 0 Å². The van der Waals surface area contributed by atoms with Crippen LogP contribution in [-0.4, -0.2) is 25.7 Å². The van der Waals surface area contributed by atoms with E-state index in [1.54, 1.807) is 12.1 Å². The zero-order valence-corrected chi connectivity index (χ0v) is 10.9. The highest BCUT2D eigenvalue weighted by atomic mass is 32.2. The summed E-state index contributed by atoms with van der Waals surface area (Å²) in [7, 11) is -2.45. The van der Waals surface area contributed by atoms with E-state index in [2.05, 4.69) is 14.9 Å². The van der Waals surface area contributed by atoms with E-state index in [-0.39, 0.29) is 16.5 Å². The predicted molar refractivity (Wildman–Crippen MR) is 70.2 cm³/mol. The molecule has 0 saturated heterocycles. The Labute approximate surface area is 110 Å². The van der Waals surface area contributed by atoms with Gasteiger partial charge in [0, 0.05) is 11.9 Å². The standard InChI is InChI=1S/C11H12N4O3S/c1-18-9-5-4-8(12)7-10(9)19(16,17)15-11-3-2-6-13-14-11/h2-7H,12H2,1H3,(H,14,15). The highest BCUT2D eigenvalue weighted by Gasteiger charge is 2.20. The van der Waals surface area contributed by atoms with E-state index in [0.29, 0.717) is 5.69 Å². The SMILES string of the molecule is COc1ccc(N)cc1S(=O)(=O)Nc1cccnn1. The maximum Gasteiger partial charge on any atom is 0.266 e. The number of sulfonamides is 1. The molecule has 1 heterocycles. The molecule has 8 heteroatoms. The van der Waals surface area contributed by atoms with E-state index in [1.807, 2.05) is 0 Å². The number of aromatic nitrogens is 2. The van der Waals surface area contributed by atoms with Crippen LogP contribution in [-0.2, 0) is 10.0 Å². The number of benzene rings is 1. The molecule has 2 aromatic rings. The summed E-state index contributed by atoms with van der Waals surface area (Å²) in [5, 5.41) is 7.24. The van der Waals surface area contributed by atoms with Crippen LogP contribution in [0.2, 0.25) is 0 Å². The summed E-state index contributed by atoms with van der Waals surface area (Å²) in [5.74, 6) is 0.317. The number of ether oxygens (including phenoxy) is 1. The fourth-order valence-electron chi connectivity index (χ4n) is 1.45. The molecule has 0 fully saturated rings. The number of methoxy groups -OCH3 is 1. The Balaban J connectivity index is 2.42. The van der Waals surface area contributed by atoms with Gasteiger partial charge in [0.05, 0.1) is 7.11 Å². The molecule has 0 bridgehead atoms. The maximum absolute atomic E-state index is 12.2. The summed E-state index contributed by atoms with van der Waals surface area (Å²) in [4.78, 5) is -0.0550. The molecule has 1 aromatic carbocycles. The zero-order chi connectivity index (χ0) is 13.9. The van der Waals surface area contributed by atoms with Crippen molar-refractivity contribution < 1.29 is 13.2 Å². The third-order valence-corrected chi connectivity index (χ3v) is 3.66. The summed E-state index contributed by atoms with van der Waals surface area (Å²) < 4.78 is 31.8. The van der Waals surface area contributed by atoms with E-state index in [9.17, 15) is 8.42 Å². The van der Waals surface area contributed by atoms with Gasteiger partial charge in [0.25, 0.3) is 10.0 Å². The van der Waals surface area contributed by atoms with Crippen molar-refractivity contribution in [1.82, 2.24) is 10.2 Å². The van der Waals surface area contributed by atoms with Crippen molar-refractivity contribution in [1.29, 1.82) is 0 Å². The van der Waals surface area contributed by atoms with E-state index in [4.69, 9.17) is 10.5 Å². The van der Waals surface area contributed by atoms with Gasteiger partial charge in [-0.2, -0.15) is 5.10 Å². The minimum atomic E-state index is -3.84. The van der Waals surface area contributed by atoms with Crippen LogP contribution >= 0.6 is 0 Å². The maximum atomic E-state index is 12.2. The van der Waals surface area contributed by atoms with Gasteiger partial charge in [-0.3, -0.25) is 4.72 Å². The van der Waals surface area contributed by atoms with Crippen molar-refractivity contribution >= 4 is 21.5 Å². The van der Waals surface area contributed by atoms with Crippen LogP contribution in [0.25, 0.3) is 0 Å². The summed E-state index contributed by atoms with van der Waals surface area (Å²) in [6.07, 6.45) is 1.44. The molecule has 1 aromatic heterocycles. The van der Waals surface area contributed by atoms with Gasteiger partial charge in [0.1, 0.15) is 10.6 Å². The second kappa shape index (κ2) is 5.11. The number of rotatable bonds is 4. The minimum absolute atomic E-state index is 0.0550. The molecule has 0 aliphatic carbocycles. The molecular formula is C11H12N4O3S. The number of nitrogens with two attached hydrogens (primary N) is 1. The molecule has 0 saturated carbocycles. The van der Waals surface area contributed by atoms with Crippen molar-refractivity contribution in [2.75, 3.05) is 17.6 Å². The Kier molecular flexibility index (Phi) is 3.52. The fraction of sp³-hybridized carbons (Fsp3) is 0.0909. The van der Waals surface area contributed by atoms with E-state index in [1.165, 1.54) is 31.5 Å². The molecule has 0 aliphatic rings. The first-order chi connectivity index (χ1) is 9.03. The lowest BCUT2D eigenvalue weighted by atomic mass is 10.3. The number of nitrogen functional groups attached to an aromatic ring is 1. The molecule has 3 N–H and O–H groups in total. The van der Waals surface area contributed by atoms with E-state index < -0.39 is 10.0 Å². The Morgan fingerprint density at radius 3 is 2.74 bits per heavy atom. The third-order valence-electron chi connectivity index (χ3n) is 2.29. The summed E-state index contributed by atoms with van der Waals surface area (Å²) in [6, 6.07) is 7.42. The van der Waals surface area contributed by atoms with Gasteiger partial charge < -0.3 is 10.5 Å². The van der Waals surface area contributed by atoms with Crippen molar-refractivity contribution in [2.45, 2.75) is 4.90 Å². The predicted octanol–water partition coefficient (Wildman–Crippen LogP) is 0.868. The lowest BCUT2D eigenvalue weighted by molar-refractivity contribution is 0.403. The highest BCUT2D eigenvalue weighted by molar-refractivity contribution is 7.92. The molecule has 0 spiro atoms. The second-order valence-electron chi connectivity index (χ2n) is 3.62. The zero-order valence-electron chi connectivity index (χ0n) is 10.1. The summed E-state index contributed by atoms with van der Waals surface area (Å²) >= 11 is 0. The Bertz CT molecular complexity index is 674. The molecule has 0 amide bonds. The largest absolute Gasteiger partial charge is 0.495 e. The van der Waals surface area contributed by atoms with Crippen LogP contribution in [0.15, 0.2) is 41.4 Å². The molecule has 2 rings (SSSR count). The second-order valence-corrected chi connectivity index (χ2v) is 5.28. The molecular weight excluding hydrogens is 268 g/mol. The van der Waals surface area contributed by atoms with Gasteiger partial charge in [0.2, 0.25) is 0 Å². The van der Waals surface area contributed by atoms with Crippen LogP contribution in [0, 0.1) is 0 Å². The van der Waals surface area contributed by atoms with Crippen LogP contribution in [0.5, 0.6) is 5.75 Å². The average molecular weight is 280 g/mol. The molecule has 0 aliphatic heterocycles. The van der Waals surface area contributed by atoms with Gasteiger partial charge in [0.15, 0.2) is 5.82 Å². The van der Waals surface area contributed by atoms with E-state index >= 15 is 0 Å².